The van der Waals surface area contributed by atoms with Crippen molar-refractivity contribution in [3.63, 3.8) is 0 Å². The number of aromatic nitrogens is 2. The van der Waals surface area contributed by atoms with Gasteiger partial charge in [-0.15, -0.1) is 0 Å². The number of carbonyl (C=O) groups is 2. The van der Waals surface area contributed by atoms with Crippen molar-refractivity contribution in [3.05, 3.63) is 30.1 Å². The van der Waals surface area contributed by atoms with Crippen LogP contribution in [0.4, 0.5) is 0 Å². The quantitative estimate of drug-likeness (QED) is 0.863. The summed E-state index contributed by atoms with van der Waals surface area (Å²) in [6.07, 6.45) is 1.86. The van der Waals surface area contributed by atoms with E-state index < -0.39 is 11.4 Å². The molecule has 0 unspecified atom stereocenters. The van der Waals surface area contributed by atoms with Gasteiger partial charge in [-0.05, 0) is 17.7 Å². The fourth-order valence-corrected chi connectivity index (χ4v) is 2.53. The molecule has 1 aromatic carbocycles. The van der Waals surface area contributed by atoms with E-state index in [1.807, 2.05) is 17.7 Å². The highest BCUT2D eigenvalue weighted by molar-refractivity contribution is 6.01. The standard InChI is InChI=1S/C13H12N2O3/c1-15-7-14-10-4-8(2-3-11(10)15)13(12(17)18)5-9(16)6-13/h2-4,7H,5-6H2,1H3,(H,17,18). The molecule has 0 radical (unpaired) electrons. The van der Waals surface area contributed by atoms with Crippen molar-refractivity contribution in [2.45, 2.75) is 18.3 Å². The Hall–Kier alpha value is -2.17. The van der Waals surface area contributed by atoms with Crippen molar-refractivity contribution in [1.29, 1.82) is 0 Å². The van der Waals surface area contributed by atoms with Crippen LogP contribution in [0.25, 0.3) is 11.0 Å². The molecular formula is C13H12N2O3. The molecule has 0 amide bonds. The van der Waals surface area contributed by atoms with Crippen molar-refractivity contribution in [1.82, 2.24) is 9.55 Å². The highest BCUT2D eigenvalue weighted by Gasteiger charge is 2.51. The average Bonchev–Trinajstić information content (AvgIpc) is 2.66. The Bertz CT molecular complexity index is 664. The number of carbonyl (C=O) groups excluding carboxylic acids is 1. The zero-order valence-electron chi connectivity index (χ0n) is 9.88. The molecule has 1 aliphatic rings. The number of aliphatic carboxylic acids is 1. The van der Waals surface area contributed by atoms with Crippen LogP contribution >= 0.6 is 0 Å². The summed E-state index contributed by atoms with van der Waals surface area (Å²) >= 11 is 0. The lowest BCUT2D eigenvalue weighted by Gasteiger charge is -2.36. The van der Waals surface area contributed by atoms with E-state index in [-0.39, 0.29) is 18.6 Å². The topological polar surface area (TPSA) is 72.2 Å². The molecule has 0 aliphatic heterocycles. The monoisotopic (exact) mass is 244 g/mol. The van der Waals surface area contributed by atoms with Gasteiger partial charge in [-0.2, -0.15) is 0 Å². The fourth-order valence-electron chi connectivity index (χ4n) is 2.53. The molecule has 1 heterocycles. The first-order chi connectivity index (χ1) is 8.53. The second-order valence-electron chi connectivity index (χ2n) is 4.84. The number of nitrogens with zero attached hydrogens (tertiary/aromatic N) is 2. The molecule has 0 saturated heterocycles. The lowest BCUT2D eigenvalue weighted by Crippen LogP contribution is -2.48. The normalized spacial score (nSPS) is 17.7. The van der Waals surface area contributed by atoms with Gasteiger partial charge in [-0.25, -0.2) is 4.98 Å². The Morgan fingerprint density at radius 1 is 1.44 bits per heavy atom. The predicted molar refractivity (Wildman–Crippen MR) is 64.3 cm³/mol. The Kier molecular flexibility index (Phi) is 2.08. The van der Waals surface area contributed by atoms with Crippen LogP contribution in [0, 0.1) is 0 Å². The van der Waals surface area contributed by atoms with Crippen LogP contribution in [-0.2, 0) is 22.1 Å². The number of hydrogen-bond acceptors (Lipinski definition) is 3. The maximum absolute atomic E-state index is 11.4. The van der Waals surface area contributed by atoms with Gasteiger partial charge in [-0.3, -0.25) is 9.59 Å². The van der Waals surface area contributed by atoms with Gasteiger partial charge < -0.3 is 9.67 Å². The lowest BCUT2D eigenvalue weighted by atomic mass is 9.63. The predicted octanol–water partition coefficient (Wildman–Crippen LogP) is 1.26. The lowest BCUT2D eigenvalue weighted by molar-refractivity contribution is -0.153. The molecule has 5 heteroatoms. The minimum atomic E-state index is -1.04. The van der Waals surface area contributed by atoms with Crippen LogP contribution in [-0.4, -0.2) is 26.4 Å². The molecule has 1 saturated carbocycles. The van der Waals surface area contributed by atoms with E-state index in [1.165, 1.54) is 0 Å². The second-order valence-corrected chi connectivity index (χ2v) is 4.84. The minimum absolute atomic E-state index is 0.00137. The summed E-state index contributed by atoms with van der Waals surface area (Å²) in [6, 6.07) is 5.41. The van der Waals surface area contributed by atoms with E-state index in [4.69, 9.17) is 0 Å². The molecule has 0 spiro atoms. The van der Waals surface area contributed by atoms with Crippen molar-refractivity contribution in [3.8, 4) is 0 Å². The first-order valence-corrected chi connectivity index (χ1v) is 5.69. The fraction of sp³-hybridized carbons (Fsp3) is 0.308. The molecule has 1 N–H and O–H groups in total. The number of imidazole rings is 1. The van der Waals surface area contributed by atoms with Gasteiger partial charge in [0.05, 0.1) is 17.4 Å². The zero-order chi connectivity index (χ0) is 12.9. The van der Waals surface area contributed by atoms with Crippen molar-refractivity contribution in [2.75, 3.05) is 0 Å². The Balaban J connectivity index is 2.13. The Morgan fingerprint density at radius 2 is 2.17 bits per heavy atom. The number of Topliss-reactive ketones (excluding diaryl/α,β-unsaturated/α-hetero) is 1. The molecule has 18 heavy (non-hydrogen) atoms. The maximum atomic E-state index is 11.4. The van der Waals surface area contributed by atoms with Gasteiger partial charge in [0.25, 0.3) is 0 Å². The third-order valence-electron chi connectivity index (χ3n) is 3.69. The Labute approximate surface area is 103 Å². The summed E-state index contributed by atoms with van der Waals surface area (Å²) in [5.41, 5.74) is 1.34. The van der Waals surface area contributed by atoms with Crippen LogP contribution in [0.15, 0.2) is 24.5 Å². The number of aryl methyl sites for hydroxylation is 1. The molecule has 5 nitrogen and oxygen atoms in total. The smallest absolute Gasteiger partial charge is 0.315 e. The van der Waals surface area contributed by atoms with E-state index in [1.54, 1.807) is 18.5 Å². The zero-order valence-corrected chi connectivity index (χ0v) is 9.88. The van der Waals surface area contributed by atoms with Crippen LogP contribution in [0.2, 0.25) is 0 Å². The van der Waals surface area contributed by atoms with Crippen LogP contribution in [0.5, 0.6) is 0 Å². The molecule has 2 aromatic rings. The van der Waals surface area contributed by atoms with Crippen LogP contribution < -0.4 is 0 Å². The number of fused-ring (bicyclic) bond motifs is 1. The van der Waals surface area contributed by atoms with E-state index in [2.05, 4.69) is 4.98 Å². The molecule has 3 rings (SSSR count). The summed E-state index contributed by atoms with van der Waals surface area (Å²) in [7, 11) is 1.88. The first kappa shape index (κ1) is 11.0. The van der Waals surface area contributed by atoms with E-state index in [0.717, 1.165) is 11.0 Å². The van der Waals surface area contributed by atoms with Gasteiger partial charge >= 0.3 is 5.97 Å². The number of carboxylic acid groups (broad SMARTS) is 1. The van der Waals surface area contributed by atoms with Gasteiger partial charge in [0.1, 0.15) is 11.2 Å². The van der Waals surface area contributed by atoms with E-state index >= 15 is 0 Å². The maximum Gasteiger partial charge on any atom is 0.315 e. The van der Waals surface area contributed by atoms with E-state index in [0.29, 0.717) is 5.56 Å². The first-order valence-electron chi connectivity index (χ1n) is 5.69. The molecule has 0 atom stereocenters. The SMILES string of the molecule is Cn1cnc2cc(C3(C(=O)O)CC(=O)C3)ccc21. The number of carboxylic acids is 1. The summed E-state index contributed by atoms with van der Waals surface area (Å²) in [6.45, 7) is 0. The average molecular weight is 244 g/mol. The minimum Gasteiger partial charge on any atom is -0.481 e. The van der Waals surface area contributed by atoms with Gasteiger partial charge in [0, 0.05) is 19.9 Å². The number of hydrogen-bond donors (Lipinski definition) is 1. The second kappa shape index (κ2) is 3.41. The molecular weight excluding hydrogens is 232 g/mol. The number of ketones is 1. The number of rotatable bonds is 2. The Morgan fingerprint density at radius 3 is 2.78 bits per heavy atom. The van der Waals surface area contributed by atoms with Gasteiger partial charge in [0.15, 0.2) is 0 Å². The molecule has 1 aliphatic carbocycles. The van der Waals surface area contributed by atoms with Crippen molar-refractivity contribution in [2.24, 2.45) is 7.05 Å². The summed E-state index contributed by atoms with van der Waals surface area (Å²) < 4.78 is 1.87. The largest absolute Gasteiger partial charge is 0.481 e. The van der Waals surface area contributed by atoms with Crippen molar-refractivity contribution >= 4 is 22.8 Å². The molecule has 1 fully saturated rings. The summed E-state index contributed by atoms with van der Waals surface area (Å²) in [5, 5.41) is 9.35. The van der Waals surface area contributed by atoms with Crippen LogP contribution in [0.3, 0.4) is 0 Å². The molecule has 1 aromatic heterocycles. The highest BCUT2D eigenvalue weighted by atomic mass is 16.4. The highest BCUT2D eigenvalue weighted by Crippen LogP contribution is 2.42. The van der Waals surface area contributed by atoms with Crippen molar-refractivity contribution < 1.29 is 14.7 Å². The van der Waals surface area contributed by atoms with Gasteiger partial charge in [-0.1, -0.05) is 6.07 Å². The summed E-state index contributed by atoms with van der Waals surface area (Å²) in [5.74, 6) is -0.934. The third kappa shape index (κ3) is 1.30. The number of benzene rings is 1. The summed E-state index contributed by atoms with van der Waals surface area (Å²) in [4.78, 5) is 26.8. The van der Waals surface area contributed by atoms with Crippen LogP contribution in [0.1, 0.15) is 18.4 Å². The van der Waals surface area contributed by atoms with Gasteiger partial charge in [0.2, 0.25) is 0 Å². The third-order valence-corrected chi connectivity index (χ3v) is 3.69. The molecule has 92 valence electrons. The van der Waals surface area contributed by atoms with E-state index in [9.17, 15) is 14.7 Å². The molecule has 0 bridgehead atoms.